The normalized spacial score (nSPS) is 10.6. The monoisotopic (exact) mass is 374 g/mol. The number of nitrogens with zero attached hydrogens (tertiary/aromatic N) is 4. The second kappa shape index (κ2) is 7.28. The van der Waals surface area contributed by atoms with Gasteiger partial charge in [0.2, 0.25) is 11.7 Å². The van der Waals surface area contributed by atoms with Crippen molar-refractivity contribution < 1.29 is 14.2 Å². The summed E-state index contributed by atoms with van der Waals surface area (Å²) in [5.74, 6) is 0.939. The minimum Gasteiger partial charge on any atom is -0.480 e. The molecule has 8 nitrogen and oxygen atoms in total. The van der Waals surface area contributed by atoms with E-state index in [0.29, 0.717) is 22.8 Å². The number of benzene rings is 2. The molecule has 0 unspecified atom stereocenters. The number of non-ortho nitro benzene ring substituents is 1. The fourth-order valence-corrected chi connectivity index (χ4v) is 2.71. The van der Waals surface area contributed by atoms with Gasteiger partial charge in [0.15, 0.2) is 0 Å². The first-order valence-electron chi connectivity index (χ1n) is 8.35. The van der Waals surface area contributed by atoms with Gasteiger partial charge in [-0.05, 0) is 24.3 Å². The fourth-order valence-electron chi connectivity index (χ4n) is 2.71. The molecule has 0 aliphatic rings. The highest BCUT2D eigenvalue weighted by molar-refractivity contribution is 5.69. The molecule has 0 spiro atoms. The summed E-state index contributed by atoms with van der Waals surface area (Å²) in [4.78, 5) is 19.2. The number of methoxy groups -OCH3 is 1. The quantitative estimate of drug-likeness (QED) is 0.377. The van der Waals surface area contributed by atoms with E-state index in [2.05, 4.69) is 15.1 Å². The molecule has 2 heterocycles. The van der Waals surface area contributed by atoms with Crippen LogP contribution in [0.15, 0.2) is 71.3 Å². The maximum absolute atomic E-state index is 10.8. The highest BCUT2D eigenvalue weighted by atomic mass is 16.6. The molecule has 0 bridgehead atoms. The van der Waals surface area contributed by atoms with Gasteiger partial charge in [0.05, 0.1) is 23.3 Å². The summed E-state index contributed by atoms with van der Waals surface area (Å²) in [6.07, 6.45) is 0. The zero-order valence-electron chi connectivity index (χ0n) is 14.8. The second-order valence-corrected chi connectivity index (χ2v) is 5.85. The molecular weight excluding hydrogens is 360 g/mol. The molecular formula is C20H14N4O4. The summed E-state index contributed by atoms with van der Waals surface area (Å²) in [6, 6.07) is 19.3. The molecule has 0 saturated carbocycles. The first-order chi connectivity index (χ1) is 13.7. The van der Waals surface area contributed by atoms with Crippen molar-refractivity contribution in [1.82, 2.24) is 15.1 Å². The molecule has 4 aromatic rings. The van der Waals surface area contributed by atoms with Crippen molar-refractivity contribution in [2.75, 3.05) is 7.11 Å². The Labute approximate surface area is 159 Å². The van der Waals surface area contributed by atoms with Gasteiger partial charge in [-0.3, -0.25) is 10.1 Å². The Hall–Kier alpha value is -4.07. The van der Waals surface area contributed by atoms with Crippen molar-refractivity contribution in [3.05, 3.63) is 76.8 Å². The summed E-state index contributed by atoms with van der Waals surface area (Å²) in [6.45, 7) is 0. The summed E-state index contributed by atoms with van der Waals surface area (Å²) in [7, 11) is 1.53. The topological polar surface area (TPSA) is 104 Å². The summed E-state index contributed by atoms with van der Waals surface area (Å²) in [5, 5.41) is 14.8. The van der Waals surface area contributed by atoms with Crippen LogP contribution in [0.3, 0.4) is 0 Å². The van der Waals surface area contributed by atoms with Crippen molar-refractivity contribution in [2.24, 2.45) is 0 Å². The highest BCUT2D eigenvalue weighted by Gasteiger charge is 2.17. The molecule has 0 aliphatic heterocycles. The second-order valence-electron chi connectivity index (χ2n) is 5.85. The molecule has 138 valence electrons. The van der Waals surface area contributed by atoms with Crippen LogP contribution in [0.5, 0.6) is 5.88 Å². The molecule has 0 aliphatic carbocycles. The third kappa shape index (κ3) is 3.30. The zero-order valence-corrected chi connectivity index (χ0v) is 14.8. The van der Waals surface area contributed by atoms with Crippen molar-refractivity contribution >= 4 is 5.69 Å². The van der Waals surface area contributed by atoms with Crippen LogP contribution < -0.4 is 4.74 Å². The van der Waals surface area contributed by atoms with Crippen LogP contribution in [0.1, 0.15) is 0 Å². The van der Waals surface area contributed by atoms with E-state index in [-0.39, 0.29) is 11.6 Å². The van der Waals surface area contributed by atoms with Crippen LogP contribution in [-0.4, -0.2) is 27.2 Å². The van der Waals surface area contributed by atoms with Crippen molar-refractivity contribution in [1.29, 1.82) is 0 Å². The number of rotatable bonds is 5. The molecule has 4 rings (SSSR count). The van der Waals surface area contributed by atoms with Gasteiger partial charge in [-0.25, -0.2) is 4.98 Å². The van der Waals surface area contributed by atoms with Crippen LogP contribution in [0, 0.1) is 10.1 Å². The molecule has 8 heteroatoms. The molecule has 28 heavy (non-hydrogen) atoms. The summed E-state index contributed by atoms with van der Waals surface area (Å²) >= 11 is 0. The Morgan fingerprint density at radius 2 is 1.68 bits per heavy atom. The van der Waals surface area contributed by atoms with E-state index in [1.54, 1.807) is 12.1 Å². The number of nitro groups is 1. The molecule has 0 atom stereocenters. The number of nitro benzene ring substituents is 1. The maximum atomic E-state index is 10.8. The van der Waals surface area contributed by atoms with Gasteiger partial charge in [0.25, 0.3) is 11.6 Å². The van der Waals surface area contributed by atoms with E-state index in [0.717, 1.165) is 11.3 Å². The van der Waals surface area contributed by atoms with Gasteiger partial charge >= 0.3 is 0 Å². The van der Waals surface area contributed by atoms with Crippen LogP contribution in [0.25, 0.3) is 34.1 Å². The molecule has 2 aromatic carbocycles. The highest BCUT2D eigenvalue weighted by Crippen LogP contribution is 2.31. The van der Waals surface area contributed by atoms with Gasteiger partial charge in [-0.2, -0.15) is 4.98 Å². The molecule has 0 amide bonds. The number of ether oxygens (including phenoxy) is 1. The number of aromatic nitrogens is 3. The third-order valence-corrected chi connectivity index (χ3v) is 4.12. The van der Waals surface area contributed by atoms with E-state index in [9.17, 15) is 10.1 Å². The molecule has 0 fully saturated rings. The predicted molar refractivity (Wildman–Crippen MR) is 102 cm³/mol. The molecule has 0 N–H and O–H groups in total. The zero-order chi connectivity index (χ0) is 19.5. The van der Waals surface area contributed by atoms with Gasteiger partial charge in [-0.15, -0.1) is 0 Å². The van der Waals surface area contributed by atoms with Crippen LogP contribution >= 0.6 is 0 Å². The largest absolute Gasteiger partial charge is 0.480 e. The van der Waals surface area contributed by atoms with E-state index >= 15 is 0 Å². The Morgan fingerprint density at radius 3 is 2.36 bits per heavy atom. The number of hydrogen-bond acceptors (Lipinski definition) is 7. The van der Waals surface area contributed by atoms with E-state index in [4.69, 9.17) is 9.26 Å². The maximum Gasteiger partial charge on any atom is 0.269 e. The molecule has 0 saturated heterocycles. The molecule has 2 aromatic heterocycles. The predicted octanol–water partition coefficient (Wildman–Crippen LogP) is 4.38. The lowest BCUT2D eigenvalue weighted by molar-refractivity contribution is -0.384. The smallest absolute Gasteiger partial charge is 0.269 e. The first-order valence-corrected chi connectivity index (χ1v) is 8.35. The first kappa shape index (κ1) is 17.3. The van der Waals surface area contributed by atoms with Gasteiger partial charge < -0.3 is 9.26 Å². The van der Waals surface area contributed by atoms with Crippen molar-refractivity contribution in [2.45, 2.75) is 0 Å². The Balaban J connectivity index is 1.67. The SMILES string of the molecule is COc1nc(-c2ccccc2)ccc1-c1noc(-c2ccc([N+](=O)[O-])cc2)n1. The Morgan fingerprint density at radius 1 is 0.929 bits per heavy atom. The molecule has 0 radical (unpaired) electrons. The van der Waals surface area contributed by atoms with Crippen LogP contribution in [-0.2, 0) is 0 Å². The average Bonchev–Trinajstić information content (AvgIpc) is 3.24. The van der Waals surface area contributed by atoms with Crippen molar-refractivity contribution in [3.63, 3.8) is 0 Å². The van der Waals surface area contributed by atoms with E-state index < -0.39 is 4.92 Å². The van der Waals surface area contributed by atoms with E-state index in [1.165, 1.54) is 19.2 Å². The van der Waals surface area contributed by atoms with Crippen LogP contribution in [0.2, 0.25) is 0 Å². The number of pyridine rings is 1. The number of hydrogen-bond donors (Lipinski definition) is 0. The Kier molecular flexibility index (Phi) is 4.51. The fraction of sp³-hybridized carbons (Fsp3) is 0.0500. The minimum atomic E-state index is -0.464. The third-order valence-electron chi connectivity index (χ3n) is 4.12. The summed E-state index contributed by atoms with van der Waals surface area (Å²) in [5.41, 5.74) is 2.88. The van der Waals surface area contributed by atoms with Gasteiger partial charge in [0, 0.05) is 23.3 Å². The lowest BCUT2D eigenvalue weighted by atomic mass is 10.1. The standard InChI is InChI=1S/C20H14N4O4/c1-27-20-16(11-12-17(21-20)13-5-3-2-4-6-13)18-22-19(28-23-18)14-7-9-15(10-8-14)24(25)26/h2-12H,1H3. The van der Waals surface area contributed by atoms with Gasteiger partial charge in [0.1, 0.15) is 0 Å². The average molecular weight is 374 g/mol. The Bertz CT molecular complexity index is 1120. The van der Waals surface area contributed by atoms with Crippen molar-refractivity contribution in [3.8, 4) is 40.0 Å². The lowest BCUT2D eigenvalue weighted by Gasteiger charge is -2.07. The minimum absolute atomic E-state index is 0.00846. The lowest BCUT2D eigenvalue weighted by Crippen LogP contribution is -1.95. The summed E-state index contributed by atoms with van der Waals surface area (Å²) < 4.78 is 10.7. The van der Waals surface area contributed by atoms with Gasteiger partial charge in [-0.1, -0.05) is 35.5 Å². The van der Waals surface area contributed by atoms with E-state index in [1.807, 2.05) is 42.5 Å². The van der Waals surface area contributed by atoms with Crippen LogP contribution in [0.4, 0.5) is 5.69 Å².